The molecule has 0 bridgehead atoms. The Morgan fingerprint density at radius 1 is 1.25 bits per heavy atom. The maximum absolute atomic E-state index is 12.1. The number of nitrogens with zero attached hydrogens (tertiary/aromatic N) is 1. The highest BCUT2D eigenvalue weighted by Gasteiger charge is 2.42. The van der Waals surface area contributed by atoms with Crippen molar-refractivity contribution in [1.29, 1.82) is 0 Å². The van der Waals surface area contributed by atoms with E-state index in [1.807, 2.05) is 49.4 Å². The molecule has 3 rings (SSSR count). The van der Waals surface area contributed by atoms with Gasteiger partial charge in [0.2, 0.25) is 0 Å². The lowest BCUT2D eigenvalue weighted by molar-refractivity contribution is -0.0755. The molecule has 104 valence electrons. The summed E-state index contributed by atoms with van der Waals surface area (Å²) >= 11 is 0. The van der Waals surface area contributed by atoms with Crippen molar-refractivity contribution in [1.82, 2.24) is 4.90 Å². The molecule has 20 heavy (non-hydrogen) atoms. The van der Waals surface area contributed by atoms with E-state index in [-0.39, 0.29) is 6.03 Å². The summed E-state index contributed by atoms with van der Waals surface area (Å²) in [7, 11) is 0. The van der Waals surface area contributed by atoms with Gasteiger partial charge in [-0.3, -0.25) is 0 Å². The Bertz CT molecular complexity index is 642. The maximum atomic E-state index is 12.1. The SMILES string of the molecule is CCC1(O)CN(C(=O)Nc2cccc3ccccc23)C1. The van der Waals surface area contributed by atoms with Crippen molar-refractivity contribution in [2.75, 3.05) is 18.4 Å². The lowest BCUT2D eigenvalue weighted by Crippen LogP contribution is -2.63. The molecule has 1 aliphatic rings. The van der Waals surface area contributed by atoms with E-state index in [0.717, 1.165) is 16.5 Å². The molecule has 0 atom stereocenters. The number of fused-ring (bicyclic) bond motifs is 1. The summed E-state index contributed by atoms with van der Waals surface area (Å²) in [6.07, 6.45) is 0.672. The van der Waals surface area contributed by atoms with Gasteiger partial charge in [0.05, 0.1) is 24.4 Å². The molecule has 0 spiro atoms. The summed E-state index contributed by atoms with van der Waals surface area (Å²) in [6.45, 7) is 2.74. The molecular weight excluding hydrogens is 252 g/mol. The Kier molecular flexibility index (Phi) is 3.10. The Labute approximate surface area is 118 Å². The predicted molar refractivity (Wildman–Crippen MR) is 79.8 cm³/mol. The van der Waals surface area contributed by atoms with Crippen molar-refractivity contribution in [2.24, 2.45) is 0 Å². The number of amides is 2. The molecule has 0 saturated carbocycles. The zero-order valence-electron chi connectivity index (χ0n) is 11.5. The van der Waals surface area contributed by atoms with Crippen LogP contribution in [0.3, 0.4) is 0 Å². The summed E-state index contributed by atoms with van der Waals surface area (Å²) in [5, 5.41) is 15.0. The van der Waals surface area contributed by atoms with Crippen LogP contribution in [-0.2, 0) is 0 Å². The minimum atomic E-state index is -0.698. The number of carbonyl (C=O) groups is 1. The molecule has 4 nitrogen and oxygen atoms in total. The number of anilines is 1. The van der Waals surface area contributed by atoms with Gasteiger partial charge in [0.1, 0.15) is 0 Å². The van der Waals surface area contributed by atoms with Gasteiger partial charge in [-0.05, 0) is 17.9 Å². The number of aliphatic hydroxyl groups is 1. The van der Waals surface area contributed by atoms with Crippen molar-refractivity contribution in [2.45, 2.75) is 18.9 Å². The number of carbonyl (C=O) groups excluding carboxylic acids is 1. The van der Waals surface area contributed by atoms with Gasteiger partial charge in [-0.2, -0.15) is 0 Å². The Hall–Kier alpha value is -2.07. The highest BCUT2D eigenvalue weighted by atomic mass is 16.3. The van der Waals surface area contributed by atoms with Crippen LogP contribution >= 0.6 is 0 Å². The van der Waals surface area contributed by atoms with Gasteiger partial charge in [-0.25, -0.2) is 4.79 Å². The van der Waals surface area contributed by atoms with E-state index in [1.54, 1.807) is 4.90 Å². The molecule has 0 unspecified atom stereocenters. The largest absolute Gasteiger partial charge is 0.386 e. The first-order chi connectivity index (χ1) is 9.61. The van der Waals surface area contributed by atoms with Crippen LogP contribution in [0.15, 0.2) is 42.5 Å². The van der Waals surface area contributed by atoms with Crippen LogP contribution in [0.5, 0.6) is 0 Å². The fourth-order valence-electron chi connectivity index (χ4n) is 2.56. The summed E-state index contributed by atoms with van der Waals surface area (Å²) in [4.78, 5) is 13.8. The summed E-state index contributed by atoms with van der Waals surface area (Å²) < 4.78 is 0. The first-order valence-electron chi connectivity index (χ1n) is 6.87. The molecule has 2 amide bonds. The van der Waals surface area contributed by atoms with E-state index in [4.69, 9.17) is 0 Å². The Balaban J connectivity index is 1.76. The molecule has 1 fully saturated rings. The average Bonchev–Trinajstić information content (AvgIpc) is 2.44. The molecule has 1 heterocycles. The van der Waals surface area contributed by atoms with Crippen molar-refractivity contribution in [3.8, 4) is 0 Å². The van der Waals surface area contributed by atoms with E-state index in [9.17, 15) is 9.90 Å². The third-order valence-corrected chi connectivity index (χ3v) is 3.95. The van der Waals surface area contributed by atoms with E-state index in [1.165, 1.54) is 0 Å². The van der Waals surface area contributed by atoms with Gasteiger partial charge in [0, 0.05) is 5.39 Å². The third kappa shape index (κ3) is 2.23. The summed E-state index contributed by atoms with van der Waals surface area (Å²) in [5.74, 6) is 0. The van der Waals surface area contributed by atoms with Crippen LogP contribution in [0.4, 0.5) is 10.5 Å². The number of benzene rings is 2. The van der Waals surface area contributed by atoms with Crippen LogP contribution in [0.2, 0.25) is 0 Å². The van der Waals surface area contributed by atoms with Gasteiger partial charge in [-0.15, -0.1) is 0 Å². The number of nitrogens with one attached hydrogen (secondary N) is 1. The molecule has 0 radical (unpaired) electrons. The standard InChI is InChI=1S/C16H18N2O2/c1-2-16(20)10-18(11-16)15(19)17-14-9-5-7-12-6-3-4-8-13(12)14/h3-9,20H,2,10-11H2,1H3,(H,17,19). The van der Waals surface area contributed by atoms with Gasteiger partial charge in [0.15, 0.2) is 0 Å². The second-order valence-electron chi connectivity index (χ2n) is 5.39. The summed E-state index contributed by atoms with van der Waals surface area (Å²) in [6, 6.07) is 13.6. The lowest BCUT2D eigenvalue weighted by atomic mass is 9.92. The highest BCUT2D eigenvalue weighted by molar-refractivity contribution is 6.01. The molecule has 4 heteroatoms. The third-order valence-electron chi connectivity index (χ3n) is 3.95. The normalized spacial score (nSPS) is 16.8. The van der Waals surface area contributed by atoms with Crippen LogP contribution in [0.1, 0.15) is 13.3 Å². The van der Waals surface area contributed by atoms with E-state index in [0.29, 0.717) is 19.5 Å². The number of hydrogen-bond acceptors (Lipinski definition) is 2. The fourth-order valence-corrected chi connectivity index (χ4v) is 2.56. The number of likely N-dealkylation sites (tertiary alicyclic amines) is 1. The first-order valence-corrected chi connectivity index (χ1v) is 6.87. The van der Waals surface area contributed by atoms with Gasteiger partial charge >= 0.3 is 6.03 Å². The molecule has 2 N–H and O–H groups in total. The van der Waals surface area contributed by atoms with Crippen LogP contribution in [0.25, 0.3) is 10.8 Å². The molecular formula is C16H18N2O2. The average molecular weight is 270 g/mol. The number of urea groups is 1. The minimum Gasteiger partial charge on any atom is -0.386 e. The molecule has 1 aliphatic heterocycles. The van der Waals surface area contributed by atoms with Crippen LogP contribution < -0.4 is 5.32 Å². The second kappa shape index (κ2) is 4.80. The van der Waals surface area contributed by atoms with Crippen LogP contribution in [-0.4, -0.2) is 34.7 Å². The van der Waals surface area contributed by atoms with Gasteiger partial charge in [-0.1, -0.05) is 43.3 Å². The molecule has 2 aromatic carbocycles. The molecule has 0 aliphatic carbocycles. The quantitative estimate of drug-likeness (QED) is 0.881. The Morgan fingerprint density at radius 3 is 2.70 bits per heavy atom. The minimum absolute atomic E-state index is 0.153. The predicted octanol–water partition coefficient (Wildman–Crippen LogP) is 2.83. The smallest absolute Gasteiger partial charge is 0.322 e. The monoisotopic (exact) mass is 270 g/mol. The summed E-state index contributed by atoms with van der Waals surface area (Å²) in [5.41, 5.74) is 0.107. The molecule has 0 aromatic heterocycles. The first kappa shape index (κ1) is 12.9. The maximum Gasteiger partial charge on any atom is 0.322 e. The van der Waals surface area contributed by atoms with Gasteiger partial charge < -0.3 is 15.3 Å². The molecule has 2 aromatic rings. The number of rotatable bonds is 2. The Morgan fingerprint density at radius 2 is 1.95 bits per heavy atom. The number of β-amino-alcohol motifs (C(OH)–C–C–N with tert-alkyl or cyclic N) is 1. The zero-order chi connectivity index (χ0) is 14.2. The van der Waals surface area contributed by atoms with Crippen molar-refractivity contribution >= 4 is 22.5 Å². The van der Waals surface area contributed by atoms with E-state index in [2.05, 4.69) is 5.32 Å². The van der Waals surface area contributed by atoms with Crippen molar-refractivity contribution < 1.29 is 9.90 Å². The van der Waals surface area contributed by atoms with Gasteiger partial charge in [0.25, 0.3) is 0 Å². The lowest BCUT2D eigenvalue weighted by Gasteiger charge is -2.45. The topological polar surface area (TPSA) is 52.6 Å². The fraction of sp³-hybridized carbons (Fsp3) is 0.312. The number of hydrogen-bond donors (Lipinski definition) is 2. The van der Waals surface area contributed by atoms with Crippen molar-refractivity contribution in [3.05, 3.63) is 42.5 Å². The zero-order valence-corrected chi connectivity index (χ0v) is 11.5. The van der Waals surface area contributed by atoms with E-state index < -0.39 is 5.60 Å². The second-order valence-corrected chi connectivity index (χ2v) is 5.39. The highest BCUT2D eigenvalue weighted by Crippen LogP contribution is 2.27. The van der Waals surface area contributed by atoms with Crippen molar-refractivity contribution in [3.63, 3.8) is 0 Å². The van der Waals surface area contributed by atoms with E-state index >= 15 is 0 Å². The molecule has 1 saturated heterocycles. The van der Waals surface area contributed by atoms with Crippen LogP contribution in [0, 0.1) is 0 Å².